The molecule has 2 aliphatic rings. The molecule has 9 nitrogen and oxygen atoms in total. The fraction of sp³-hybridized carbons (Fsp3) is 0.385. The molecule has 9 heteroatoms. The standard InChI is InChI=1S/C26H28N4O5/c1-14(2)29(22(31)11-27)9-8-15-16-6-4-5-7-20(16)28-23-17(15)12-30-21(23)10-19-18(24(30)32)13-35-25(33)26(19,3)34/h4-7,10,14,34H,8-9,11-13,27H2,1-3H3/t26-/m0/s1. The lowest BCUT2D eigenvalue weighted by molar-refractivity contribution is -0.169. The quantitative estimate of drug-likeness (QED) is 0.417. The zero-order valence-electron chi connectivity index (χ0n) is 20.0. The van der Waals surface area contributed by atoms with Crippen molar-refractivity contribution in [2.24, 2.45) is 5.73 Å². The second-order valence-corrected chi connectivity index (χ2v) is 9.53. The maximum Gasteiger partial charge on any atom is 0.342 e. The van der Waals surface area contributed by atoms with E-state index in [-0.39, 0.29) is 41.8 Å². The lowest BCUT2D eigenvalue weighted by Crippen LogP contribution is -2.42. The van der Waals surface area contributed by atoms with Gasteiger partial charge in [0.05, 0.1) is 35.6 Å². The highest BCUT2D eigenvalue weighted by molar-refractivity contribution is 5.89. The van der Waals surface area contributed by atoms with Gasteiger partial charge in [-0.05, 0) is 44.9 Å². The molecule has 1 amide bonds. The number of ether oxygens (including phenoxy) is 1. The summed E-state index contributed by atoms with van der Waals surface area (Å²) in [6.07, 6.45) is 0.567. The van der Waals surface area contributed by atoms with E-state index >= 15 is 0 Å². The van der Waals surface area contributed by atoms with Crippen LogP contribution in [0.3, 0.4) is 0 Å². The van der Waals surface area contributed by atoms with E-state index in [1.165, 1.54) is 6.92 Å². The molecule has 35 heavy (non-hydrogen) atoms. The normalized spacial score (nSPS) is 18.3. The first-order valence-corrected chi connectivity index (χ1v) is 11.7. The number of rotatable bonds is 5. The number of carbonyl (C=O) groups excluding carboxylic acids is 2. The van der Waals surface area contributed by atoms with Crippen molar-refractivity contribution >= 4 is 22.8 Å². The van der Waals surface area contributed by atoms with Crippen LogP contribution in [0.2, 0.25) is 0 Å². The summed E-state index contributed by atoms with van der Waals surface area (Å²) < 4.78 is 6.70. The molecule has 4 heterocycles. The highest BCUT2D eigenvalue weighted by Gasteiger charge is 2.43. The van der Waals surface area contributed by atoms with Crippen LogP contribution in [0, 0.1) is 0 Å². The molecule has 5 rings (SSSR count). The monoisotopic (exact) mass is 476 g/mol. The molecule has 182 valence electrons. The fourth-order valence-electron chi connectivity index (χ4n) is 5.17. The molecule has 0 fully saturated rings. The molecule has 2 aromatic heterocycles. The zero-order chi connectivity index (χ0) is 25.1. The van der Waals surface area contributed by atoms with Gasteiger partial charge in [-0.1, -0.05) is 18.2 Å². The summed E-state index contributed by atoms with van der Waals surface area (Å²) in [5.41, 5.74) is 7.84. The molecule has 0 bridgehead atoms. The maximum atomic E-state index is 13.4. The molecule has 2 aliphatic heterocycles. The highest BCUT2D eigenvalue weighted by Crippen LogP contribution is 2.39. The Kier molecular flexibility index (Phi) is 5.49. The first-order chi connectivity index (χ1) is 16.6. The zero-order valence-corrected chi connectivity index (χ0v) is 20.0. The van der Waals surface area contributed by atoms with Gasteiger partial charge in [0.15, 0.2) is 5.60 Å². The van der Waals surface area contributed by atoms with Crippen LogP contribution in [0.15, 0.2) is 35.1 Å². The van der Waals surface area contributed by atoms with Crippen molar-refractivity contribution in [3.05, 3.63) is 62.9 Å². The van der Waals surface area contributed by atoms with Gasteiger partial charge in [0.2, 0.25) is 5.91 Å². The highest BCUT2D eigenvalue weighted by atomic mass is 16.6. The Balaban J connectivity index is 1.67. The van der Waals surface area contributed by atoms with E-state index in [2.05, 4.69) is 0 Å². The van der Waals surface area contributed by atoms with Gasteiger partial charge in [0.1, 0.15) is 6.61 Å². The molecule has 0 spiro atoms. The van der Waals surface area contributed by atoms with Crippen molar-refractivity contribution in [3.8, 4) is 11.4 Å². The SMILES string of the molecule is CC(C)N(CCc1c2c(nc3ccccc13)-c1cc3c(c(=O)n1C2)COC(=O)[C@@]3(C)O)C(=O)CN. The predicted octanol–water partition coefficient (Wildman–Crippen LogP) is 1.43. The summed E-state index contributed by atoms with van der Waals surface area (Å²) in [6.45, 7) is 5.82. The average molecular weight is 477 g/mol. The molecule has 3 aromatic rings. The number of aliphatic hydroxyl groups is 1. The molecule has 3 N–H and O–H groups in total. The molecular formula is C26H28N4O5. The Labute approximate surface area is 202 Å². The number of aromatic nitrogens is 2. The molecular weight excluding hydrogens is 448 g/mol. The minimum Gasteiger partial charge on any atom is -0.458 e. The molecule has 0 unspecified atom stereocenters. The van der Waals surface area contributed by atoms with E-state index in [1.54, 1.807) is 15.5 Å². The second-order valence-electron chi connectivity index (χ2n) is 9.53. The van der Waals surface area contributed by atoms with Crippen molar-refractivity contribution in [2.75, 3.05) is 13.1 Å². The fourth-order valence-corrected chi connectivity index (χ4v) is 5.17. The number of cyclic esters (lactones) is 1. The third kappa shape index (κ3) is 3.54. The number of nitrogens with zero attached hydrogens (tertiary/aromatic N) is 3. The van der Waals surface area contributed by atoms with Crippen molar-refractivity contribution in [2.45, 2.75) is 52.0 Å². The molecule has 0 radical (unpaired) electrons. The van der Waals surface area contributed by atoms with Gasteiger partial charge >= 0.3 is 5.97 Å². The Hall–Kier alpha value is -3.56. The Bertz CT molecular complexity index is 1440. The third-order valence-corrected chi connectivity index (χ3v) is 7.06. The summed E-state index contributed by atoms with van der Waals surface area (Å²) >= 11 is 0. The van der Waals surface area contributed by atoms with E-state index in [9.17, 15) is 19.5 Å². The topological polar surface area (TPSA) is 128 Å². The summed E-state index contributed by atoms with van der Waals surface area (Å²) in [6, 6.07) is 9.44. The Morgan fingerprint density at radius 2 is 2.03 bits per heavy atom. The lowest BCUT2D eigenvalue weighted by atomic mass is 9.89. The molecule has 1 aromatic carbocycles. The van der Waals surface area contributed by atoms with E-state index in [0.29, 0.717) is 30.9 Å². The van der Waals surface area contributed by atoms with Crippen LogP contribution < -0.4 is 11.3 Å². The van der Waals surface area contributed by atoms with Crippen molar-refractivity contribution in [1.82, 2.24) is 14.5 Å². The number of para-hydroxylation sites is 1. The van der Waals surface area contributed by atoms with Crippen LogP contribution in [0.4, 0.5) is 0 Å². The number of carbonyl (C=O) groups is 2. The predicted molar refractivity (Wildman–Crippen MR) is 130 cm³/mol. The smallest absolute Gasteiger partial charge is 0.342 e. The minimum atomic E-state index is -1.91. The van der Waals surface area contributed by atoms with E-state index < -0.39 is 11.6 Å². The van der Waals surface area contributed by atoms with Gasteiger partial charge in [-0.2, -0.15) is 0 Å². The number of nitrogens with two attached hydrogens (primary N) is 1. The maximum absolute atomic E-state index is 13.4. The number of fused-ring (bicyclic) bond motifs is 5. The largest absolute Gasteiger partial charge is 0.458 e. The van der Waals surface area contributed by atoms with Crippen LogP contribution in [0.1, 0.15) is 43.0 Å². The number of esters is 1. The minimum absolute atomic E-state index is 0.00138. The Morgan fingerprint density at radius 1 is 1.29 bits per heavy atom. The van der Waals surface area contributed by atoms with Gasteiger partial charge in [0.25, 0.3) is 5.56 Å². The van der Waals surface area contributed by atoms with Gasteiger partial charge in [-0.3, -0.25) is 9.59 Å². The lowest BCUT2D eigenvalue weighted by Gasteiger charge is -2.29. The van der Waals surface area contributed by atoms with Gasteiger partial charge in [-0.25, -0.2) is 9.78 Å². The number of benzene rings is 1. The first kappa shape index (κ1) is 23.2. The third-order valence-electron chi connectivity index (χ3n) is 7.06. The van der Waals surface area contributed by atoms with Gasteiger partial charge in [0, 0.05) is 29.1 Å². The first-order valence-electron chi connectivity index (χ1n) is 11.7. The number of pyridine rings is 2. The van der Waals surface area contributed by atoms with Crippen molar-refractivity contribution in [3.63, 3.8) is 0 Å². The summed E-state index contributed by atoms with van der Waals surface area (Å²) in [5, 5.41) is 11.8. The second kappa shape index (κ2) is 8.28. The van der Waals surface area contributed by atoms with Crippen molar-refractivity contribution < 1.29 is 19.4 Å². The summed E-state index contributed by atoms with van der Waals surface area (Å²) in [5.74, 6) is -0.896. The molecule has 0 aliphatic carbocycles. The number of amides is 1. The van der Waals surface area contributed by atoms with Crippen molar-refractivity contribution in [1.29, 1.82) is 0 Å². The number of hydrogen-bond donors (Lipinski definition) is 2. The van der Waals surface area contributed by atoms with Crippen LogP contribution in [-0.2, 0) is 39.5 Å². The average Bonchev–Trinajstić information content (AvgIpc) is 3.20. The molecule has 1 atom stereocenters. The van der Waals surface area contributed by atoms with Crippen LogP contribution in [0.25, 0.3) is 22.3 Å². The van der Waals surface area contributed by atoms with E-state index in [4.69, 9.17) is 15.5 Å². The van der Waals surface area contributed by atoms with Gasteiger partial charge in [-0.15, -0.1) is 0 Å². The summed E-state index contributed by atoms with van der Waals surface area (Å²) in [4.78, 5) is 44.7. The molecule has 0 saturated carbocycles. The van der Waals surface area contributed by atoms with Crippen LogP contribution >= 0.6 is 0 Å². The Morgan fingerprint density at radius 3 is 2.74 bits per heavy atom. The van der Waals surface area contributed by atoms with Crippen LogP contribution in [0.5, 0.6) is 0 Å². The van der Waals surface area contributed by atoms with Crippen LogP contribution in [-0.4, -0.2) is 50.6 Å². The molecule has 0 saturated heterocycles. The van der Waals surface area contributed by atoms with E-state index in [0.717, 1.165) is 22.0 Å². The van der Waals surface area contributed by atoms with E-state index in [1.807, 2.05) is 38.1 Å². The number of hydrogen-bond acceptors (Lipinski definition) is 7. The summed E-state index contributed by atoms with van der Waals surface area (Å²) in [7, 11) is 0. The van der Waals surface area contributed by atoms with Gasteiger partial charge < -0.3 is 25.0 Å².